The molecule has 490 valence electrons. The van der Waals surface area contributed by atoms with Crippen molar-refractivity contribution in [2.75, 3.05) is 47.5 Å². The second kappa shape index (κ2) is 65.3. The second-order valence-electron chi connectivity index (χ2n) is 23.8. The van der Waals surface area contributed by atoms with E-state index in [2.05, 4.69) is 160 Å². The zero-order valence-corrected chi connectivity index (χ0v) is 56.6. The molecule has 0 aliphatic heterocycles. The summed E-state index contributed by atoms with van der Waals surface area (Å²) in [4.78, 5) is 35.9. The van der Waals surface area contributed by atoms with E-state index in [0.717, 1.165) is 122 Å². The molecule has 10 heteroatoms. The van der Waals surface area contributed by atoms with Gasteiger partial charge in [0.15, 0.2) is 6.10 Å². The summed E-state index contributed by atoms with van der Waals surface area (Å²) in [5, 5.41) is 0. The number of rotatable bonds is 62. The Morgan fingerprint density at radius 1 is 0.372 bits per heavy atom. The Bertz CT molecular complexity index is 1960. The van der Waals surface area contributed by atoms with Crippen molar-refractivity contribution in [2.45, 2.75) is 277 Å². The maximum absolute atomic E-state index is 12.9. The van der Waals surface area contributed by atoms with Gasteiger partial charge in [0.1, 0.15) is 19.8 Å². The Morgan fingerprint density at radius 3 is 0.988 bits per heavy atom. The number of phosphoric acid groups is 1. The number of hydrogen-bond acceptors (Lipinski definition) is 7. The van der Waals surface area contributed by atoms with Crippen LogP contribution >= 0.6 is 7.82 Å². The Kier molecular flexibility index (Phi) is 62.2. The summed E-state index contributed by atoms with van der Waals surface area (Å²) in [5.41, 5.74) is 0. The second-order valence-corrected chi connectivity index (χ2v) is 25.3. The van der Waals surface area contributed by atoms with Crippen LogP contribution in [0.2, 0.25) is 0 Å². The van der Waals surface area contributed by atoms with Gasteiger partial charge in [0, 0.05) is 12.8 Å². The van der Waals surface area contributed by atoms with Gasteiger partial charge in [-0.15, -0.1) is 0 Å². The summed E-state index contributed by atoms with van der Waals surface area (Å²) in [5.74, 6) is -0.825. The lowest BCUT2D eigenvalue weighted by molar-refractivity contribution is -0.870. The van der Waals surface area contributed by atoms with E-state index in [1.807, 2.05) is 21.1 Å². The fraction of sp³-hybridized carbons (Fsp3) is 0.658. The first-order valence-electron chi connectivity index (χ1n) is 34.6. The van der Waals surface area contributed by atoms with Gasteiger partial charge in [-0.05, 0) is 122 Å². The molecule has 0 aromatic rings. The average Bonchev–Trinajstić information content (AvgIpc) is 3.70. The normalized spacial score (nSPS) is 14.1. The molecule has 9 nitrogen and oxygen atoms in total. The molecule has 0 rings (SSSR count). The summed E-state index contributed by atoms with van der Waals surface area (Å²) in [6.07, 6.45) is 96.5. The zero-order valence-electron chi connectivity index (χ0n) is 55.7. The number of carbonyl (C=O) groups excluding carboxylic acids is 2. The van der Waals surface area contributed by atoms with E-state index in [1.54, 1.807) is 0 Å². The number of phosphoric ester groups is 1. The van der Waals surface area contributed by atoms with Crippen molar-refractivity contribution in [1.29, 1.82) is 0 Å². The number of ether oxygens (including phenoxy) is 2. The van der Waals surface area contributed by atoms with Gasteiger partial charge in [-0.2, -0.15) is 0 Å². The van der Waals surface area contributed by atoms with Gasteiger partial charge in [-0.25, -0.2) is 4.57 Å². The molecule has 0 aromatic heterocycles. The molecule has 2 unspecified atom stereocenters. The molecule has 0 spiro atoms. The van der Waals surface area contributed by atoms with Crippen molar-refractivity contribution in [2.24, 2.45) is 0 Å². The van der Waals surface area contributed by atoms with Crippen molar-refractivity contribution >= 4 is 19.8 Å². The van der Waals surface area contributed by atoms with Crippen LogP contribution in [0.1, 0.15) is 271 Å². The van der Waals surface area contributed by atoms with E-state index in [-0.39, 0.29) is 32.0 Å². The first kappa shape index (κ1) is 81.9. The predicted molar refractivity (Wildman–Crippen MR) is 371 cm³/mol. The zero-order chi connectivity index (χ0) is 62.6. The fourth-order valence-corrected chi connectivity index (χ4v) is 9.82. The van der Waals surface area contributed by atoms with Crippen LogP contribution in [0.25, 0.3) is 0 Å². The van der Waals surface area contributed by atoms with Gasteiger partial charge in [-0.1, -0.05) is 282 Å². The highest BCUT2D eigenvalue weighted by molar-refractivity contribution is 7.47. The van der Waals surface area contributed by atoms with Crippen LogP contribution in [0.4, 0.5) is 0 Å². The minimum atomic E-state index is -4.41. The van der Waals surface area contributed by atoms with Gasteiger partial charge in [0.05, 0.1) is 27.7 Å². The minimum Gasteiger partial charge on any atom is -0.462 e. The molecule has 0 aliphatic carbocycles. The SMILES string of the molecule is CC/C=C\C/C=C\C/C=C\C/C=C\C/C=C\C/C=C\C/C=C\C/C=C\C/C=C\CCCCCCCC(=O)OC(COC(=O)CCCCCCCCCCCCCCCC/C=C\C/C=C\C/C=C\CCCCCCC)COP(=O)(O)OCC[N+](C)(C)C. The van der Waals surface area contributed by atoms with Crippen molar-refractivity contribution in [3.05, 3.63) is 146 Å². The van der Waals surface area contributed by atoms with Gasteiger partial charge in [0.25, 0.3) is 0 Å². The molecule has 0 aromatic carbocycles. The quantitative estimate of drug-likeness (QED) is 0.0211. The molecular formula is C76H129NO8P+. The van der Waals surface area contributed by atoms with Gasteiger partial charge in [-0.3, -0.25) is 18.6 Å². The van der Waals surface area contributed by atoms with Crippen molar-refractivity contribution < 1.29 is 42.1 Å². The molecule has 2 atom stereocenters. The van der Waals surface area contributed by atoms with E-state index in [4.69, 9.17) is 18.5 Å². The van der Waals surface area contributed by atoms with Crippen molar-refractivity contribution in [1.82, 2.24) is 0 Å². The maximum atomic E-state index is 12.9. The lowest BCUT2D eigenvalue weighted by Gasteiger charge is -2.24. The van der Waals surface area contributed by atoms with Crippen LogP contribution in [0.5, 0.6) is 0 Å². The Balaban J connectivity index is 4.17. The lowest BCUT2D eigenvalue weighted by Crippen LogP contribution is -2.37. The van der Waals surface area contributed by atoms with E-state index >= 15 is 0 Å². The van der Waals surface area contributed by atoms with Gasteiger partial charge >= 0.3 is 19.8 Å². The maximum Gasteiger partial charge on any atom is 0.472 e. The minimum absolute atomic E-state index is 0.0201. The topological polar surface area (TPSA) is 108 Å². The molecule has 0 fully saturated rings. The molecular weight excluding hydrogens is 1090 g/mol. The molecule has 86 heavy (non-hydrogen) atoms. The van der Waals surface area contributed by atoms with Crippen molar-refractivity contribution in [3.8, 4) is 0 Å². The van der Waals surface area contributed by atoms with Gasteiger partial charge < -0.3 is 18.9 Å². The highest BCUT2D eigenvalue weighted by Crippen LogP contribution is 2.43. The molecule has 0 amide bonds. The number of esters is 2. The Hall–Kier alpha value is -4.11. The molecule has 1 N–H and O–H groups in total. The average molecular weight is 1220 g/mol. The summed E-state index contributed by atoms with van der Waals surface area (Å²) < 4.78 is 34.7. The standard InChI is InChI=1S/C76H128NO8P/c1-6-8-10-12-14-16-18-20-22-24-26-28-30-32-34-36-37-38-39-41-43-45-47-49-51-53-55-57-59-61-63-65-67-69-76(79)85-74(73-84-86(80,81)83-71-70-77(3,4)5)72-82-75(78)68-66-64-62-60-58-56-54-52-50-48-46-44-42-40-35-33-31-29-27-25-23-21-19-17-15-13-11-9-7-2/h8,10,14,16,19-22,25-28,31-34,37-38,41,43,47,49,53,55,74H,6-7,9,11-13,15,17-18,23-24,29-30,35-36,39-40,42,44-46,48,50-52,54,56-73H2,1-5H3/p+1/b10-8-,16-14-,21-19-,22-20-,27-25-,28-26-,33-31-,34-32-,38-37-,43-41-,49-47-,55-53-. The number of allylic oxidation sites excluding steroid dienone is 24. The molecule has 0 saturated heterocycles. The molecule has 0 heterocycles. The summed E-state index contributed by atoms with van der Waals surface area (Å²) in [6.45, 7) is 4.28. The summed E-state index contributed by atoms with van der Waals surface area (Å²) in [7, 11) is 1.45. The third kappa shape index (κ3) is 69.0. The number of nitrogens with zero attached hydrogens (tertiary/aromatic N) is 1. The molecule has 0 saturated carbocycles. The van der Waals surface area contributed by atoms with E-state index in [0.29, 0.717) is 17.4 Å². The van der Waals surface area contributed by atoms with Crippen LogP contribution in [0, 0.1) is 0 Å². The third-order valence-corrected chi connectivity index (χ3v) is 15.3. The number of unbranched alkanes of at least 4 members (excludes halogenated alkanes) is 24. The third-order valence-electron chi connectivity index (χ3n) is 14.4. The summed E-state index contributed by atoms with van der Waals surface area (Å²) in [6, 6.07) is 0. The van der Waals surface area contributed by atoms with Gasteiger partial charge in [0.2, 0.25) is 0 Å². The van der Waals surface area contributed by atoms with Crippen molar-refractivity contribution in [3.63, 3.8) is 0 Å². The first-order valence-corrected chi connectivity index (χ1v) is 36.1. The molecule has 0 radical (unpaired) electrons. The Labute approximate surface area is 529 Å². The monoisotopic (exact) mass is 1210 g/mol. The van der Waals surface area contributed by atoms with E-state index in [1.165, 1.54) is 116 Å². The number of likely N-dealkylation sites (N-methyl/N-ethyl adjacent to an activating group) is 1. The highest BCUT2D eigenvalue weighted by Gasteiger charge is 2.27. The van der Waals surface area contributed by atoms with E-state index in [9.17, 15) is 19.0 Å². The largest absolute Gasteiger partial charge is 0.472 e. The number of quaternary nitrogens is 1. The molecule has 0 aliphatic rings. The van der Waals surface area contributed by atoms with Crippen LogP contribution in [-0.2, 0) is 32.7 Å². The smallest absolute Gasteiger partial charge is 0.462 e. The highest BCUT2D eigenvalue weighted by atomic mass is 31.2. The van der Waals surface area contributed by atoms with E-state index < -0.39 is 26.5 Å². The van der Waals surface area contributed by atoms with Crippen LogP contribution in [0.15, 0.2) is 146 Å². The Morgan fingerprint density at radius 2 is 0.663 bits per heavy atom. The lowest BCUT2D eigenvalue weighted by atomic mass is 10.0. The number of carbonyl (C=O) groups is 2. The molecule has 0 bridgehead atoms. The first-order chi connectivity index (χ1) is 42.0. The fourth-order valence-electron chi connectivity index (χ4n) is 9.07. The van der Waals surface area contributed by atoms with Crippen LogP contribution < -0.4 is 0 Å². The van der Waals surface area contributed by atoms with Crippen LogP contribution in [0.3, 0.4) is 0 Å². The number of hydrogen-bond donors (Lipinski definition) is 1. The summed E-state index contributed by atoms with van der Waals surface area (Å²) >= 11 is 0. The predicted octanol–water partition coefficient (Wildman–Crippen LogP) is 22.6. The van der Waals surface area contributed by atoms with Crippen LogP contribution in [-0.4, -0.2) is 74.9 Å².